The second-order valence-corrected chi connectivity index (χ2v) is 6.62. The molecule has 0 bridgehead atoms. The van der Waals surface area contributed by atoms with Crippen molar-refractivity contribution in [2.45, 2.75) is 25.4 Å². The van der Waals surface area contributed by atoms with Crippen LogP contribution in [0.5, 0.6) is 0 Å². The Labute approximate surface area is 132 Å². The van der Waals surface area contributed by atoms with Gasteiger partial charge < -0.3 is 14.4 Å². The van der Waals surface area contributed by atoms with E-state index in [2.05, 4.69) is 16.8 Å². The van der Waals surface area contributed by atoms with Crippen LogP contribution in [0.1, 0.15) is 23.4 Å². The molecular weight excluding hydrogens is 280 g/mol. The van der Waals surface area contributed by atoms with Crippen LogP contribution >= 0.6 is 0 Å². The zero-order valence-electron chi connectivity index (χ0n) is 14.1. The summed E-state index contributed by atoms with van der Waals surface area (Å²) in [6.07, 6.45) is 1.09. The highest BCUT2D eigenvalue weighted by molar-refractivity contribution is 5.41. The first-order valence-electron chi connectivity index (χ1n) is 7.90. The van der Waals surface area contributed by atoms with E-state index < -0.39 is 0 Å². The molecule has 6 heteroatoms. The largest absolute Gasteiger partial charge is 0.383 e. The molecule has 1 atom stereocenters. The van der Waals surface area contributed by atoms with Crippen LogP contribution in [0, 0.1) is 6.92 Å². The highest BCUT2D eigenvalue weighted by Crippen LogP contribution is 2.40. The molecule has 22 heavy (non-hydrogen) atoms. The van der Waals surface area contributed by atoms with Crippen molar-refractivity contribution in [2.75, 3.05) is 59.0 Å². The minimum atomic E-state index is 0.0137. The quantitative estimate of drug-likeness (QED) is 0.826. The van der Waals surface area contributed by atoms with Crippen LogP contribution in [-0.2, 0) is 21.5 Å². The zero-order valence-corrected chi connectivity index (χ0v) is 14.1. The molecular formula is C16H26N4O2. The molecule has 0 amide bonds. The van der Waals surface area contributed by atoms with E-state index in [4.69, 9.17) is 14.5 Å². The third-order valence-electron chi connectivity index (χ3n) is 4.77. The monoisotopic (exact) mass is 306 g/mol. The van der Waals surface area contributed by atoms with Crippen LogP contribution in [0.3, 0.4) is 0 Å². The Morgan fingerprint density at radius 3 is 2.91 bits per heavy atom. The number of aromatic nitrogens is 2. The number of rotatable bonds is 4. The van der Waals surface area contributed by atoms with Crippen molar-refractivity contribution in [3.05, 3.63) is 17.0 Å². The topological polar surface area (TPSA) is 50.7 Å². The predicted octanol–water partition coefficient (Wildman–Crippen LogP) is 0.971. The summed E-state index contributed by atoms with van der Waals surface area (Å²) in [5.41, 5.74) is 3.45. The highest BCUT2D eigenvalue weighted by atomic mass is 16.5. The van der Waals surface area contributed by atoms with Gasteiger partial charge >= 0.3 is 0 Å². The summed E-state index contributed by atoms with van der Waals surface area (Å²) in [6.45, 7) is 7.27. The van der Waals surface area contributed by atoms with E-state index in [1.54, 1.807) is 7.11 Å². The number of fused-ring (bicyclic) bond motifs is 2. The van der Waals surface area contributed by atoms with Crippen LogP contribution in [0.2, 0.25) is 0 Å². The van der Waals surface area contributed by atoms with Gasteiger partial charge in [0.25, 0.3) is 0 Å². The number of aryl methyl sites for hydroxylation is 1. The minimum Gasteiger partial charge on any atom is -0.383 e. The molecule has 0 N–H and O–H groups in total. The van der Waals surface area contributed by atoms with Crippen molar-refractivity contribution in [1.82, 2.24) is 14.9 Å². The first-order chi connectivity index (χ1) is 10.6. The number of anilines is 1. The molecule has 1 spiro atoms. The van der Waals surface area contributed by atoms with Crippen molar-refractivity contribution >= 4 is 5.95 Å². The maximum atomic E-state index is 5.92. The third kappa shape index (κ3) is 2.71. The van der Waals surface area contributed by atoms with Gasteiger partial charge in [-0.1, -0.05) is 0 Å². The second-order valence-electron chi connectivity index (χ2n) is 6.62. The molecule has 0 radical (unpaired) electrons. The normalized spacial score (nSPS) is 24.7. The van der Waals surface area contributed by atoms with E-state index in [9.17, 15) is 0 Å². The molecule has 3 rings (SSSR count). The summed E-state index contributed by atoms with van der Waals surface area (Å²) < 4.78 is 11.1. The van der Waals surface area contributed by atoms with Crippen molar-refractivity contribution in [2.24, 2.45) is 0 Å². The van der Waals surface area contributed by atoms with Crippen molar-refractivity contribution < 1.29 is 9.47 Å². The van der Waals surface area contributed by atoms with Crippen LogP contribution in [0.15, 0.2) is 0 Å². The molecule has 2 aliphatic rings. The Balaban J connectivity index is 1.94. The smallest absolute Gasteiger partial charge is 0.225 e. The maximum absolute atomic E-state index is 5.92. The average molecular weight is 306 g/mol. The van der Waals surface area contributed by atoms with Crippen LogP contribution in [-0.4, -0.2) is 68.9 Å². The molecule has 6 nitrogen and oxygen atoms in total. The summed E-state index contributed by atoms with van der Waals surface area (Å²) in [5.74, 6) is 0.799. The van der Waals surface area contributed by atoms with Gasteiger partial charge in [0, 0.05) is 45.6 Å². The van der Waals surface area contributed by atoms with Gasteiger partial charge in [-0.3, -0.25) is 4.90 Å². The average Bonchev–Trinajstić information content (AvgIpc) is 2.90. The van der Waals surface area contributed by atoms with E-state index in [-0.39, 0.29) is 5.41 Å². The Hall–Kier alpha value is -1.24. The fourth-order valence-corrected chi connectivity index (χ4v) is 3.49. The number of nitrogens with zero attached hydrogens (tertiary/aromatic N) is 4. The van der Waals surface area contributed by atoms with Gasteiger partial charge in [0.2, 0.25) is 5.95 Å². The lowest BCUT2D eigenvalue weighted by Crippen LogP contribution is -2.41. The van der Waals surface area contributed by atoms with Gasteiger partial charge in [-0.05, 0) is 19.9 Å². The molecule has 1 aromatic rings. The first-order valence-corrected chi connectivity index (χ1v) is 7.90. The Morgan fingerprint density at radius 1 is 1.36 bits per heavy atom. The lowest BCUT2D eigenvalue weighted by atomic mass is 9.80. The lowest BCUT2D eigenvalue weighted by molar-refractivity contribution is 0.0488. The minimum absolute atomic E-state index is 0.0137. The molecule has 3 heterocycles. The molecule has 1 fully saturated rings. The summed E-state index contributed by atoms with van der Waals surface area (Å²) in [7, 11) is 5.74. The standard InChI is InChI=1S/C16H26N4O2/c1-12-13-9-22-11-16(5-6-20(10-16)7-8-21-4)14(13)18-15(17-12)19(2)3/h5-11H2,1-4H3/t16-/m1/s1. The van der Waals surface area contributed by atoms with Crippen molar-refractivity contribution in [3.8, 4) is 0 Å². The summed E-state index contributed by atoms with van der Waals surface area (Å²) in [6, 6.07) is 0. The third-order valence-corrected chi connectivity index (χ3v) is 4.77. The highest BCUT2D eigenvalue weighted by Gasteiger charge is 2.45. The van der Waals surface area contributed by atoms with Crippen LogP contribution < -0.4 is 4.90 Å². The predicted molar refractivity (Wildman–Crippen MR) is 85.4 cm³/mol. The molecule has 1 saturated heterocycles. The molecule has 1 aromatic heterocycles. The van der Waals surface area contributed by atoms with Gasteiger partial charge in [0.05, 0.1) is 30.9 Å². The number of methoxy groups -OCH3 is 1. The molecule has 0 saturated carbocycles. The van der Waals surface area contributed by atoms with E-state index in [1.165, 1.54) is 11.3 Å². The number of likely N-dealkylation sites (tertiary alicyclic amines) is 1. The van der Waals surface area contributed by atoms with Crippen LogP contribution in [0.4, 0.5) is 5.95 Å². The van der Waals surface area contributed by atoms with Gasteiger partial charge in [-0.15, -0.1) is 0 Å². The number of ether oxygens (including phenoxy) is 2. The Kier molecular flexibility index (Phi) is 4.34. The van der Waals surface area contributed by atoms with Crippen molar-refractivity contribution in [3.63, 3.8) is 0 Å². The SMILES string of the molecule is COCCN1CC[C@]2(COCc3c(C)nc(N(C)C)nc32)C1. The summed E-state index contributed by atoms with van der Waals surface area (Å²) >= 11 is 0. The fourth-order valence-electron chi connectivity index (χ4n) is 3.49. The molecule has 0 aromatic carbocycles. The fraction of sp³-hybridized carbons (Fsp3) is 0.750. The number of hydrogen-bond donors (Lipinski definition) is 0. The van der Waals surface area contributed by atoms with E-state index in [1.807, 2.05) is 19.0 Å². The van der Waals surface area contributed by atoms with Crippen molar-refractivity contribution in [1.29, 1.82) is 0 Å². The van der Waals surface area contributed by atoms with Gasteiger partial charge in [0.1, 0.15) is 0 Å². The van der Waals surface area contributed by atoms with E-state index in [0.29, 0.717) is 6.61 Å². The first kappa shape index (κ1) is 15.6. The van der Waals surface area contributed by atoms with Gasteiger partial charge in [-0.2, -0.15) is 0 Å². The van der Waals surface area contributed by atoms with Gasteiger partial charge in [-0.25, -0.2) is 9.97 Å². The lowest BCUT2D eigenvalue weighted by Gasteiger charge is -2.35. The van der Waals surface area contributed by atoms with E-state index >= 15 is 0 Å². The Bertz CT molecular complexity index is 549. The summed E-state index contributed by atoms with van der Waals surface area (Å²) in [4.78, 5) is 13.9. The molecule has 0 unspecified atom stereocenters. The summed E-state index contributed by atoms with van der Waals surface area (Å²) in [5, 5.41) is 0. The van der Waals surface area contributed by atoms with E-state index in [0.717, 1.165) is 50.9 Å². The van der Waals surface area contributed by atoms with Crippen LogP contribution in [0.25, 0.3) is 0 Å². The Morgan fingerprint density at radius 2 is 2.18 bits per heavy atom. The second kappa shape index (κ2) is 6.10. The maximum Gasteiger partial charge on any atom is 0.225 e. The molecule has 0 aliphatic carbocycles. The number of hydrogen-bond acceptors (Lipinski definition) is 6. The zero-order chi connectivity index (χ0) is 15.7. The molecule has 2 aliphatic heterocycles. The van der Waals surface area contributed by atoms with Gasteiger partial charge in [0.15, 0.2) is 0 Å². The molecule has 122 valence electrons.